The van der Waals surface area contributed by atoms with E-state index in [2.05, 4.69) is 39.7 Å². The van der Waals surface area contributed by atoms with Crippen molar-refractivity contribution in [3.05, 3.63) is 47.7 Å². The summed E-state index contributed by atoms with van der Waals surface area (Å²) >= 11 is 0. The highest BCUT2D eigenvalue weighted by Crippen LogP contribution is 2.16. The zero-order valence-electron chi connectivity index (χ0n) is 11.7. The molecule has 0 radical (unpaired) electrons. The molecule has 102 valence electrons. The Labute approximate surface area is 117 Å². The van der Waals surface area contributed by atoms with E-state index < -0.39 is 0 Å². The van der Waals surface area contributed by atoms with Crippen molar-refractivity contribution in [2.45, 2.75) is 20.4 Å². The molecule has 2 aromatic heterocycles. The molecular formula is C15H17N5. The van der Waals surface area contributed by atoms with Gasteiger partial charge in [-0.1, -0.05) is 24.3 Å². The zero-order valence-corrected chi connectivity index (χ0v) is 11.7. The Morgan fingerprint density at radius 2 is 2.05 bits per heavy atom. The van der Waals surface area contributed by atoms with Gasteiger partial charge in [-0.15, -0.1) is 5.10 Å². The number of aryl methyl sites for hydroxylation is 1. The number of rotatable bonds is 4. The highest BCUT2D eigenvalue weighted by Gasteiger charge is 2.08. The molecule has 1 aromatic carbocycles. The van der Waals surface area contributed by atoms with Gasteiger partial charge < -0.3 is 5.32 Å². The van der Waals surface area contributed by atoms with Crippen LogP contribution >= 0.6 is 0 Å². The SMILES string of the molecule is CCNCc1cc(C)nc(-n2nnc3ccccc32)c1. The molecule has 3 rings (SSSR count). The minimum absolute atomic E-state index is 0.812. The van der Waals surface area contributed by atoms with Crippen LogP contribution in [0.3, 0.4) is 0 Å². The van der Waals surface area contributed by atoms with Crippen molar-refractivity contribution in [2.24, 2.45) is 0 Å². The predicted octanol–water partition coefficient (Wildman–Crippen LogP) is 2.23. The van der Waals surface area contributed by atoms with E-state index in [1.165, 1.54) is 5.56 Å². The molecular weight excluding hydrogens is 250 g/mol. The second-order valence-electron chi connectivity index (χ2n) is 4.75. The normalized spacial score (nSPS) is 11.1. The maximum absolute atomic E-state index is 4.57. The molecule has 0 bridgehead atoms. The van der Waals surface area contributed by atoms with Crippen LogP contribution < -0.4 is 5.32 Å². The summed E-state index contributed by atoms with van der Waals surface area (Å²) in [7, 11) is 0. The molecule has 0 unspecified atom stereocenters. The average Bonchev–Trinajstić information content (AvgIpc) is 2.88. The van der Waals surface area contributed by atoms with Crippen LogP contribution in [0.15, 0.2) is 36.4 Å². The Balaban J connectivity index is 2.07. The number of nitrogens with one attached hydrogen (secondary N) is 1. The fraction of sp³-hybridized carbons (Fsp3) is 0.267. The number of aromatic nitrogens is 4. The Hall–Kier alpha value is -2.27. The minimum Gasteiger partial charge on any atom is -0.313 e. The predicted molar refractivity (Wildman–Crippen MR) is 78.8 cm³/mol. The number of pyridine rings is 1. The van der Waals surface area contributed by atoms with Crippen LogP contribution in [0.5, 0.6) is 0 Å². The topological polar surface area (TPSA) is 55.6 Å². The van der Waals surface area contributed by atoms with Crippen molar-refractivity contribution in [3.63, 3.8) is 0 Å². The Morgan fingerprint density at radius 3 is 2.90 bits per heavy atom. The summed E-state index contributed by atoms with van der Waals surface area (Å²) in [5.41, 5.74) is 4.04. The van der Waals surface area contributed by atoms with Crippen LogP contribution in [-0.4, -0.2) is 26.5 Å². The first-order valence-corrected chi connectivity index (χ1v) is 6.77. The lowest BCUT2D eigenvalue weighted by Gasteiger charge is -2.07. The van der Waals surface area contributed by atoms with Crippen molar-refractivity contribution < 1.29 is 0 Å². The van der Waals surface area contributed by atoms with Gasteiger partial charge in [0.15, 0.2) is 5.82 Å². The number of benzene rings is 1. The van der Waals surface area contributed by atoms with Crippen LogP contribution in [0, 0.1) is 6.92 Å². The third-order valence-electron chi connectivity index (χ3n) is 3.15. The smallest absolute Gasteiger partial charge is 0.156 e. The molecule has 5 nitrogen and oxygen atoms in total. The number of hydrogen-bond donors (Lipinski definition) is 1. The van der Waals surface area contributed by atoms with E-state index in [4.69, 9.17) is 0 Å². The van der Waals surface area contributed by atoms with Gasteiger partial charge >= 0.3 is 0 Å². The summed E-state index contributed by atoms with van der Waals surface area (Å²) < 4.78 is 1.79. The van der Waals surface area contributed by atoms with Gasteiger partial charge in [0.1, 0.15) is 5.52 Å². The summed E-state index contributed by atoms with van der Waals surface area (Å²) in [6.07, 6.45) is 0. The van der Waals surface area contributed by atoms with E-state index in [1.54, 1.807) is 4.68 Å². The van der Waals surface area contributed by atoms with Gasteiger partial charge in [0.05, 0.1) is 5.52 Å². The van der Waals surface area contributed by atoms with Crippen molar-refractivity contribution in [3.8, 4) is 5.82 Å². The Kier molecular flexibility index (Phi) is 3.43. The lowest BCUT2D eigenvalue weighted by atomic mass is 10.2. The monoisotopic (exact) mass is 267 g/mol. The summed E-state index contributed by atoms with van der Waals surface area (Å²) in [6.45, 7) is 5.88. The van der Waals surface area contributed by atoms with Gasteiger partial charge in [-0.3, -0.25) is 0 Å². The van der Waals surface area contributed by atoms with E-state index >= 15 is 0 Å². The quantitative estimate of drug-likeness (QED) is 0.787. The highest BCUT2D eigenvalue weighted by molar-refractivity contribution is 5.75. The van der Waals surface area contributed by atoms with Crippen LogP contribution in [0.4, 0.5) is 0 Å². The fourth-order valence-corrected chi connectivity index (χ4v) is 2.24. The molecule has 0 amide bonds. The van der Waals surface area contributed by atoms with Gasteiger partial charge in [-0.2, -0.15) is 4.68 Å². The molecule has 0 fully saturated rings. The Morgan fingerprint density at radius 1 is 1.20 bits per heavy atom. The first-order valence-electron chi connectivity index (χ1n) is 6.77. The molecule has 1 N–H and O–H groups in total. The van der Waals surface area contributed by atoms with Crippen molar-refractivity contribution in [1.82, 2.24) is 25.3 Å². The van der Waals surface area contributed by atoms with E-state index in [9.17, 15) is 0 Å². The molecule has 20 heavy (non-hydrogen) atoms. The van der Waals surface area contributed by atoms with E-state index in [0.29, 0.717) is 0 Å². The van der Waals surface area contributed by atoms with Crippen LogP contribution in [0.1, 0.15) is 18.2 Å². The molecule has 0 aliphatic carbocycles. The summed E-state index contributed by atoms with van der Waals surface area (Å²) in [4.78, 5) is 4.57. The maximum atomic E-state index is 4.57. The van der Waals surface area contributed by atoms with Crippen LogP contribution in [-0.2, 0) is 6.54 Å². The van der Waals surface area contributed by atoms with Crippen LogP contribution in [0.25, 0.3) is 16.9 Å². The first kappa shape index (κ1) is 12.7. The van der Waals surface area contributed by atoms with Gasteiger partial charge in [0.25, 0.3) is 0 Å². The van der Waals surface area contributed by atoms with Crippen molar-refractivity contribution in [1.29, 1.82) is 0 Å². The van der Waals surface area contributed by atoms with Gasteiger partial charge in [-0.05, 0) is 43.3 Å². The standard InChI is InChI=1S/C15H17N5/c1-3-16-10-12-8-11(2)17-15(9-12)20-14-7-5-4-6-13(14)18-19-20/h4-9,16H,3,10H2,1-2H3. The highest BCUT2D eigenvalue weighted by atomic mass is 15.4. The fourth-order valence-electron chi connectivity index (χ4n) is 2.24. The molecule has 0 atom stereocenters. The number of fused-ring (bicyclic) bond motifs is 1. The molecule has 0 saturated heterocycles. The second kappa shape index (κ2) is 5.38. The summed E-state index contributed by atoms with van der Waals surface area (Å²) in [6, 6.07) is 12.0. The lowest BCUT2D eigenvalue weighted by Crippen LogP contribution is -2.13. The molecule has 0 aliphatic heterocycles. The van der Waals surface area contributed by atoms with Crippen molar-refractivity contribution >= 4 is 11.0 Å². The second-order valence-corrected chi connectivity index (χ2v) is 4.75. The number of hydrogen-bond acceptors (Lipinski definition) is 4. The van der Waals surface area contributed by atoms with E-state index in [-0.39, 0.29) is 0 Å². The third kappa shape index (κ3) is 2.40. The van der Waals surface area contributed by atoms with Gasteiger partial charge in [0.2, 0.25) is 0 Å². The van der Waals surface area contributed by atoms with E-state index in [0.717, 1.165) is 35.6 Å². The number of para-hydroxylation sites is 1. The largest absolute Gasteiger partial charge is 0.313 e. The van der Waals surface area contributed by atoms with Crippen molar-refractivity contribution in [2.75, 3.05) is 6.54 Å². The van der Waals surface area contributed by atoms with Gasteiger partial charge in [-0.25, -0.2) is 4.98 Å². The zero-order chi connectivity index (χ0) is 13.9. The van der Waals surface area contributed by atoms with Crippen LogP contribution in [0.2, 0.25) is 0 Å². The number of nitrogens with zero attached hydrogens (tertiary/aromatic N) is 4. The third-order valence-corrected chi connectivity index (χ3v) is 3.15. The summed E-state index contributed by atoms with van der Waals surface area (Å²) in [5.74, 6) is 0.812. The molecule has 5 heteroatoms. The minimum atomic E-state index is 0.812. The average molecular weight is 267 g/mol. The first-order chi connectivity index (χ1) is 9.78. The molecule has 0 aliphatic rings. The van der Waals surface area contributed by atoms with Gasteiger partial charge in [0, 0.05) is 12.2 Å². The molecule has 0 saturated carbocycles. The Bertz CT molecular complexity index is 732. The molecule has 0 spiro atoms. The maximum Gasteiger partial charge on any atom is 0.156 e. The summed E-state index contributed by atoms with van der Waals surface area (Å²) in [5, 5.41) is 11.7. The molecule has 2 heterocycles. The lowest BCUT2D eigenvalue weighted by molar-refractivity contribution is 0.720. The van der Waals surface area contributed by atoms with E-state index in [1.807, 2.05) is 31.2 Å². The molecule has 3 aromatic rings.